The molecule has 3 aromatic rings. The van der Waals surface area contributed by atoms with Crippen molar-refractivity contribution in [3.8, 4) is 17.0 Å². The molecule has 0 amide bonds. The van der Waals surface area contributed by atoms with Crippen molar-refractivity contribution in [1.29, 1.82) is 0 Å². The molecule has 22 heavy (non-hydrogen) atoms. The number of pyridine rings is 1. The van der Waals surface area contributed by atoms with Crippen LogP contribution in [0.3, 0.4) is 0 Å². The Hall–Kier alpha value is -2.29. The first-order valence-electron chi connectivity index (χ1n) is 7.93. The van der Waals surface area contributed by atoms with Crippen LogP contribution in [0, 0.1) is 0 Å². The van der Waals surface area contributed by atoms with E-state index in [1.165, 1.54) is 5.56 Å². The molecule has 2 heterocycles. The normalized spacial score (nSPS) is 12.5. The van der Waals surface area contributed by atoms with Crippen LogP contribution >= 0.6 is 0 Å². The number of rotatable bonds is 5. The molecule has 0 N–H and O–H groups in total. The molecule has 2 aromatic heterocycles. The summed E-state index contributed by atoms with van der Waals surface area (Å²) in [6, 6.07) is 12.7. The third-order valence-corrected chi connectivity index (χ3v) is 4.13. The highest BCUT2D eigenvalue weighted by atomic mass is 16.5. The fraction of sp³-hybridized carbons (Fsp3) is 0.316. The minimum atomic E-state index is 0.597. The standard InChI is InChI=1S/C19H22N2O/c1-4-14(3)15-8-10-16(11-9-15)17-13-21-12-6-7-18(22-5-2)19(21)20-17/h6-14H,4-5H2,1-3H3. The molecule has 0 bridgehead atoms. The van der Waals surface area contributed by atoms with Gasteiger partial charge in [-0.25, -0.2) is 4.98 Å². The van der Waals surface area contributed by atoms with E-state index in [-0.39, 0.29) is 0 Å². The molecular formula is C19H22N2O. The van der Waals surface area contributed by atoms with Gasteiger partial charge < -0.3 is 9.14 Å². The maximum Gasteiger partial charge on any atom is 0.180 e. The van der Waals surface area contributed by atoms with Crippen molar-refractivity contribution in [2.45, 2.75) is 33.1 Å². The summed E-state index contributed by atoms with van der Waals surface area (Å²) >= 11 is 0. The van der Waals surface area contributed by atoms with Gasteiger partial charge in [0.25, 0.3) is 0 Å². The largest absolute Gasteiger partial charge is 0.490 e. The van der Waals surface area contributed by atoms with Crippen LogP contribution in [-0.2, 0) is 0 Å². The molecule has 114 valence electrons. The van der Waals surface area contributed by atoms with Crippen LogP contribution < -0.4 is 4.74 Å². The molecule has 0 aliphatic carbocycles. The van der Waals surface area contributed by atoms with E-state index in [4.69, 9.17) is 9.72 Å². The minimum absolute atomic E-state index is 0.597. The summed E-state index contributed by atoms with van der Waals surface area (Å²) in [5.74, 6) is 1.42. The number of fused-ring (bicyclic) bond motifs is 1. The lowest BCUT2D eigenvalue weighted by molar-refractivity contribution is 0.342. The van der Waals surface area contributed by atoms with E-state index in [9.17, 15) is 0 Å². The fourth-order valence-electron chi connectivity index (χ4n) is 2.61. The topological polar surface area (TPSA) is 26.5 Å². The molecule has 3 rings (SSSR count). The highest BCUT2D eigenvalue weighted by Crippen LogP contribution is 2.26. The van der Waals surface area contributed by atoms with Gasteiger partial charge in [-0.2, -0.15) is 0 Å². The van der Waals surface area contributed by atoms with Crippen molar-refractivity contribution in [1.82, 2.24) is 9.38 Å². The van der Waals surface area contributed by atoms with E-state index in [2.05, 4.69) is 44.3 Å². The first-order chi connectivity index (χ1) is 10.7. The Kier molecular flexibility index (Phi) is 4.14. The summed E-state index contributed by atoms with van der Waals surface area (Å²) in [6.45, 7) is 7.11. The van der Waals surface area contributed by atoms with Gasteiger partial charge in [-0.1, -0.05) is 38.1 Å². The van der Waals surface area contributed by atoms with Crippen LogP contribution in [0.15, 0.2) is 48.8 Å². The second-order valence-corrected chi connectivity index (χ2v) is 5.59. The van der Waals surface area contributed by atoms with Gasteiger partial charge in [0.1, 0.15) is 0 Å². The lowest BCUT2D eigenvalue weighted by Crippen LogP contribution is -1.94. The van der Waals surface area contributed by atoms with Gasteiger partial charge in [0.15, 0.2) is 11.4 Å². The molecule has 0 saturated carbocycles. The van der Waals surface area contributed by atoms with E-state index in [1.807, 2.05) is 29.7 Å². The Morgan fingerprint density at radius 3 is 2.59 bits per heavy atom. The van der Waals surface area contributed by atoms with Crippen molar-refractivity contribution in [2.24, 2.45) is 0 Å². The molecule has 0 spiro atoms. The van der Waals surface area contributed by atoms with Gasteiger partial charge in [-0.3, -0.25) is 0 Å². The maximum absolute atomic E-state index is 5.65. The van der Waals surface area contributed by atoms with Crippen LogP contribution in [-0.4, -0.2) is 16.0 Å². The van der Waals surface area contributed by atoms with Gasteiger partial charge in [-0.15, -0.1) is 0 Å². The zero-order valence-electron chi connectivity index (χ0n) is 13.4. The van der Waals surface area contributed by atoms with Gasteiger partial charge in [0.05, 0.1) is 12.3 Å². The molecule has 3 nitrogen and oxygen atoms in total. The molecule has 3 heteroatoms. The summed E-state index contributed by atoms with van der Waals surface area (Å²) in [7, 11) is 0. The van der Waals surface area contributed by atoms with E-state index < -0.39 is 0 Å². The van der Waals surface area contributed by atoms with Gasteiger partial charge in [0.2, 0.25) is 0 Å². The molecular weight excluding hydrogens is 272 g/mol. The summed E-state index contributed by atoms with van der Waals surface area (Å²) in [5.41, 5.74) is 4.36. The lowest BCUT2D eigenvalue weighted by Gasteiger charge is -2.08. The summed E-state index contributed by atoms with van der Waals surface area (Å²) in [5, 5.41) is 0. The number of aromatic nitrogens is 2. The predicted octanol–water partition coefficient (Wildman–Crippen LogP) is 4.91. The van der Waals surface area contributed by atoms with Crippen molar-refractivity contribution < 1.29 is 4.74 Å². The monoisotopic (exact) mass is 294 g/mol. The smallest absolute Gasteiger partial charge is 0.180 e. The van der Waals surface area contributed by atoms with Crippen molar-refractivity contribution >= 4 is 5.65 Å². The second-order valence-electron chi connectivity index (χ2n) is 5.59. The second kappa shape index (κ2) is 6.22. The average molecular weight is 294 g/mol. The SMILES string of the molecule is CCOc1cccn2cc(-c3ccc(C(C)CC)cc3)nc12. The Morgan fingerprint density at radius 1 is 1.14 bits per heavy atom. The highest BCUT2D eigenvalue weighted by molar-refractivity contribution is 5.66. The zero-order valence-corrected chi connectivity index (χ0v) is 13.4. The summed E-state index contributed by atoms with van der Waals surface area (Å²) in [4.78, 5) is 4.73. The summed E-state index contributed by atoms with van der Waals surface area (Å²) < 4.78 is 7.67. The van der Waals surface area contributed by atoms with E-state index >= 15 is 0 Å². The van der Waals surface area contributed by atoms with Crippen LogP contribution in [0.5, 0.6) is 5.75 Å². The average Bonchev–Trinajstić information content (AvgIpc) is 3.00. The van der Waals surface area contributed by atoms with E-state index in [0.29, 0.717) is 12.5 Å². The molecule has 0 aliphatic rings. The first kappa shape index (κ1) is 14.6. The molecule has 1 aromatic carbocycles. The first-order valence-corrected chi connectivity index (χ1v) is 7.93. The van der Waals surface area contributed by atoms with Crippen LogP contribution in [0.2, 0.25) is 0 Å². The maximum atomic E-state index is 5.65. The Bertz CT molecular complexity index is 759. The van der Waals surface area contributed by atoms with Crippen LogP contribution in [0.25, 0.3) is 16.9 Å². The van der Waals surface area contributed by atoms with Crippen LogP contribution in [0.1, 0.15) is 38.7 Å². The predicted molar refractivity (Wildman–Crippen MR) is 90.5 cm³/mol. The minimum Gasteiger partial charge on any atom is -0.490 e. The number of imidazole rings is 1. The quantitative estimate of drug-likeness (QED) is 0.668. The molecule has 1 atom stereocenters. The Labute approximate surface area is 131 Å². The third kappa shape index (κ3) is 2.71. The third-order valence-electron chi connectivity index (χ3n) is 4.13. The highest BCUT2D eigenvalue weighted by Gasteiger charge is 2.09. The van der Waals surface area contributed by atoms with Gasteiger partial charge >= 0.3 is 0 Å². The molecule has 0 aliphatic heterocycles. The van der Waals surface area contributed by atoms with Gasteiger partial charge in [-0.05, 0) is 37.0 Å². The Morgan fingerprint density at radius 2 is 1.91 bits per heavy atom. The van der Waals surface area contributed by atoms with E-state index in [0.717, 1.165) is 29.1 Å². The fourth-order valence-corrected chi connectivity index (χ4v) is 2.61. The number of ether oxygens (including phenoxy) is 1. The Balaban J connectivity index is 1.98. The van der Waals surface area contributed by atoms with Crippen molar-refractivity contribution in [3.63, 3.8) is 0 Å². The van der Waals surface area contributed by atoms with Crippen molar-refractivity contribution in [2.75, 3.05) is 6.61 Å². The zero-order chi connectivity index (χ0) is 15.5. The lowest BCUT2D eigenvalue weighted by atomic mass is 9.97. The summed E-state index contributed by atoms with van der Waals surface area (Å²) in [6.07, 6.45) is 5.21. The van der Waals surface area contributed by atoms with Gasteiger partial charge in [0, 0.05) is 18.0 Å². The molecule has 0 radical (unpaired) electrons. The van der Waals surface area contributed by atoms with E-state index in [1.54, 1.807) is 0 Å². The molecule has 0 saturated heterocycles. The molecule has 1 unspecified atom stereocenters. The number of benzene rings is 1. The molecule has 0 fully saturated rings. The number of hydrogen-bond donors (Lipinski definition) is 0. The van der Waals surface area contributed by atoms with Crippen LogP contribution in [0.4, 0.5) is 0 Å². The van der Waals surface area contributed by atoms with Crippen molar-refractivity contribution in [3.05, 3.63) is 54.4 Å². The number of hydrogen-bond acceptors (Lipinski definition) is 2. The number of nitrogens with zero attached hydrogens (tertiary/aromatic N) is 2.